The molecule has 0 amide bonds. The van der Waals surface area contributed by atoms with Gasteiger partial charge in [0.25, 0.3) is 0 Å². The molecule has 0 spiro atoms. The number of rotatable bonds is 0. The highest BCUT2D eigenvalue weighted by atomic mass is 79.9. The Bertz CT molecular complexity index is 534. The molecule has 4 saturated carbocycles. The molecule has 0 N–H and O–H groups in total. The maximum Gasteiger partial charge on any atom is 0.152 e. The van der Waals surface area contributed by atoms with Crippen LogP contribution in [0.15, 0.2) is 0 Å². The van der Waals surface area contributed by atoms with Gasteiger partial charge in [-0.25, -0.2) is 0 Å². The fourth-order valence-corrected chi connectivity index (χ4v) is 8.27. The van der Waals surface area contributed by atoms with Crippen LogP contribution in [0.2, 0.25) is 0 Å². The Labute approximate surface area is 141 Å². The van der Waals surface area contributed by atoms with Crippen molar-refractivity contribution in [2.45, 2.75) is 75.8 Å². The topological polar surface area (TPSA) is 29.6 Å². The molecule has 1 heterocycles. The summed E-state index contributed by atoms with van der Waals surface area (Å²) < 4.78 is 5.97. The predicted octanol–water partition coefficient (Wildman–Crippen LogP) is 4.35. The van der Waals surface area contributed by atoms with Crippen LogP contribution >= 0.6 is 15.9 Å². The maximum absolute atomic E-state index is 12.7. The van der Waals surface area contributed by atoms with Gasteiger partial charge in [-0.3, -0.25) is 4.79 Å². The first-order valence-electron chi connectivity index (χ1n) is 9.29. The van der Waals surface area contributed by atoms with Crippen molar-refractivity contribution in [3.8, 4) is 0 Å². The number of ketones is 1. The molecule has 0 aromatic heterocycles. The summed E-state index contributed by atoms with van der Waals surface area (Å²) in [6.45, 7) is 4.84. The smallest absolute Gasteiger partial charge is 0.152 e. The Morgan fingerprint density at radius 1 is 1.05 bits per heavy atom. The Kier molecular flexibility index (Phi) is 2.88. The summed E-state index contributed by atoms with van der Waals surface area (Å²) in [5.74, 6) is 3.53. The SMILES string of the molecule is C[C@]12CC[C@H]3O[C@H]3[C@@H]1CC[C@@H]1[C@@H]2CC[C@]2(C)C(=O)[C@H](Br)C[C@@H]12. The first kappa shape index (κ1) is 14.5. The summed E-state index contributed by atoms with van der Waals surface area (Å²) in [5, 5.41) is 0. The Morgan fingerprint density at radius 3 is 2.68 bits per heavy atom. The van der Waals surface area contributed by atoms with E-state index in [0.29, 0.717) is 29.3 Å². The third-order valence-corrected chi connectivity index (χ3v) is 9.42. The van der Waals surface area contributed by atoms with Crippen molar-refractivity contribution in [3.05, 3.63) is 0 Å². The number of ether oxygens (including phenoxy) is 1. The number of alkyl halides is 1. The molecular formula is C19H27BrO2. The summed E-state index contributed by atoms with van der Waals surface area (Å²) in [6, 6.07) is 0. The average molecular weight is 367 g/mol. The van der Waals surface area contributed by atoms with Crippen LogP contribution in [0.3, 0.4) is 0 Å². The number of carbonyl (C=O) groups is 1. The van der Waals surface area contributed by atoms with Crippen molar-refractivity contribution in [2.24, 2.45) is 34.5 Å². The second-order valence-electron chi connectivity index (χ2n) is 9.27. The third-order valence-electron chi connectivity index (χ3n) is 8.63. The molecule has 5 aliphatic rings. The molecule has 2 nitrogen and oxygen atoms in total. The molecule has 22 heavy (non-hydrogen) atoms. The minimum atomic E-state index is -0.0359. The largest absolute Gasteiger partial charge is 0.369 e. The molecule has 1 saturated heterocycles. The van der Waals surface area contributed by atoms with E-state index in [4.69, 9.17) is 4.74 Å². The van der Waals surface area contributed by atoms with Gasteiger partial charge >= 0.3 is 0 Å². The van der Waals surface area contributed by atoms with E-state index in [-0.39, 0.29) is 10.2 Å². The number of halogens is 1. The minimum Gasteiger partial charge on any atom is -0.369 e. The summed E-state index contributed by atoms with van der Waals surface area (Å²) in [4.78, 5) is 12.8. The highest BCUT2D eigenvalue weighted by Crippen LogP contribution is 2.67. The summed E-state index contributed by atoms with van der Waals surface area (Å²) >= 11 is 3.67. The van der Waals surface area contributed by atoms with Gasteiger partial charge in [-0.05, 0) is 74.0 Å². The number of fused-ring (bicyclic) bond motifs is 7. The van der Waals surface area contributed by atoms with E-state index in [0.717, 1.165) is 30.6 Å². The molecule has 0 aromatic rings. The van der Waals surface area contributed by atoms with Gasteiger partial charge in [0.05, 0.1) is 17.0 Å². The molecular weight excluding hydrogens is 340 g/mol. The third kappa shape index (κ3) is 1.63. The molecule has 0 radical (unpaired) electrons. The highest BCUT2D eigenvalue weighted by Gasteiger charge is 2.65. The first-order valence-corrected chi connectivity index (χ1v) is 10.2. The standard InChI is InChI=1S/C19H27BrO2/c1-18-8-6-15-16(22-15)12(18)4-3-10-11(18)5-7-19(2)13(10)9-14(20)17(19)21/h10-16H,3-9H2,1-2H3/t10-,11+,12+,13+,14-,15-,16+,18-,19+/m1/s1. The van der Waals surface area contributed by atoms with Crippen LogP contribution in [0.4, 0.5) is 0 Å². The molecule has 0 bridgehead atoms. The normalized spacial score (nSPS) is 62.7. The lowest BCUT2D eigenvalue weighted by Gasteiger charge is -2.58. The van der Waals surface area contributed by atoms with E-state index in [1.54, 1.807) is 0 Å². The number of hydrogen-bond acceptors (Lipinski definition) is 2. The van der Waals surface area contributed by atoms with Gasteiger partial charge in [-0.15, -0.1) is 0 Å². The average Bonchev–Trinajstić information content (AvgIpc) is 3.23. The molecule has 122 valence electrons. The molecule has 3 heteroatoms. The van der Waals surface area contributed by atoms with Crippen LogP contribution in [0.25, 0.3) is 0 Å². The molecule has 5 rings (SSSR count). The van der Waals surface area contributed by atoms with Crippen molar-refractivity contribution in [1.82, 2.24) is 0 Å². The maximum atomic E-state index is 12.7. The Balaban J connectivity index is 1.49. The van der Waals surface area contributed by atoms with E-state index in [1.807, 2.05) is 0 Å². The molecule has 5 fully saturated rings. The van der Waals surface area contributed by atoms with Crippen LogP contribution in [0, 0.1) is 34.5 Å². The van der Waals surface area contributed by atoms with E-state index < -0.39 is 0 Å². The lowest BCUT2D eigenvalue weighted by molar-refractivity contribution is -0.137. The van der Waals surface area contributed by atoms with Crippen molar-refractivity contribution in [2.75, 3.05) is 0 Å². The van der Waals surface area contributed by atoms with Crippen LogP contribution < -0.4 is 0 Å². The van der Waals surface area contributed by atoms with Gasteiger partial charge in [-0.1, -0.05) is 29.8 Å². The first-order chi connectivity index (χ1) is 10.4. The number of carbonyl (C=O) groups excluding carboxylic acids is 1. The second kappa shape index (κ2) is 4.39. The van der Waals surface area contributed by atoms with E-state index in [9.17, 15) is 4.79 Å². The fraction of sp³-hybridized carbons (Fsp3) is 0.947. The zero-order valence-corrected chi connectivity index (χ0v) is 15.3. The van der Waals surface area contributed by atoms with Crippen molar-refractivity contribution in [1.29, 1.82) is 0 Å². The number of hydrogen-bond donors (Lipinski definition) is 0. The van der Waals surface area contributed by atoms with E-state index in [1.165, 1.54) is 32.1 Å². The van der Waals surface area contributed by atoms with Gasteiger partial charge in [0.2, 0.25) is 0 Å². The quantitative estimate of drug-likeness (QED) is 0.471. The van der Waals surface area contributed by atoms with Crippen molar-refractivity contribution >= 4 is 21.7 Å². The minimum absolute atomic E-state index is 0.0359. The van der Waals surface area contributed by atoms with Gasteiger partial charge in [0.15, 0.2) is 5.78 Å². The zero-order valence-electron chi connectivity index (χ0n) is 13.7. The Hall–Kier alpha value is 0.110. The summed E-state index contributed by atoms with van der Waals surface area (Å²) in [7, 11) is 0. The van der Waals surface area contributed by atoms with Gasteiger partial charge < -0.3 is 4.74 Å². The number of epoxide rings is 1. The zero-order chi connectivity index (χ0) is 15.3. The monoisotopic (exact) mass is 366 g/mol. The van der Waals surface area contributed by atoms with Gasteiger partial charge in [0, 0.05) is 5.41 Å². The second-order valence-corrected chi connectivity index (χ2v) is 10.4. The summed E-state index contributed by atoms with van der Waals surface area (Å²) in [5.41, 5.74) is 0.446. The van der Waals surface area contributed by atoms with Crippen LogP contribution in [0.5, 0.6) is 0 Å². The lowest BCUT2D eigenvalue weighted by Crippen LogP contribution is -2.54. The van der Waals surface area contributed by atoms with Gasteiger partial charge in [0.1, 0.15) is 0 Å². The lowest BCUT2D eigenvalue weighted by atomic mass is 9.45. The van der Waals surface area contributed by atoms with Gasteiger partial charge in [-0.2, -0.15) is 0 Å². The van der Waals surface area contributed by atoms with Crippen LogP contribution in [0.1, 0.15) is 58.8 Å². The number of Topliss-reactive ketones (excluding diaryl/α,β-unsaturated/α-hetero) is 1. The molecule has 9 atom stereocenters. The van der Waals surface area contributed by atoms with E-state index in [2.05, 4.69) is 29.8 Å². The molecule has 1 aliphatic heterocycles. The van der Waals surface area contributed by atoms with E-state index >= 15 is 0 Å². The van der Waals surface area contributed by atoms with Crippen LogP contribution in [-0.2, 0) is 9.53 Å². The van der Waals surface area contributed by atoms with Crippen LogP contribution in [-0.4, -0.2) is 22.8 Å². The molecule has 0 unspecified atom stereocenters. The fourth-order valence-electron chi connectivity index (χ4n) is 7.34. The van der Waals surface area contributed by atoms with Crippen molar-refractivity contribution < 1.29 is 9.53 Å². The molecule has 0 aromatic carbocycles. The predicted molar refractivity (Wildman–Crippen MR) is 88.9 cm³/mol. The Morgan fingerprint density at radius 2 is 1.86 bits per heavy atom. The summed E-state index contributed by atoms with van der Waals surface area (Å²) in [6.07, 6.45) is 9.98. The molecule has 4 aliphatic carbocycles. The van der Waals surface area contributed by atoms with Crippen molar-refractivity contribution in [3.63, 3.8) is 0 Å². The highest BCUT2D eigenvalue weighted by molar-refractivity contribution is 9.10.